The van der Waals surface area contributed by atoms with Crippen LogP contribution in [0.25, 0.3) is 10.8 Å². The largest absolute Gasteiger partial charge is 0.492 e. The average Bonchev–Trinajstić information content (AvgIpc) is 3.04. The predicted molar refractivity (Wildman–Crippen MR) is 180 cm³/mol. The van der Waals surface area contributed by atoms with E-state index in [0.29, 0.717) is 22.8 Å². The molecule has 10 atom stereocenters. The van der Waals surface area contributed by atoms with Crippen molar-refractivity contribution in [3.8, 4) is 11.5 Å². The minimum Gasteiger partial charge on any atom is -0.492 e. The molecule has 0 amide bonds. The monoisotopic (exact) mass is 652 g/mol. The third-order valence-corrected chi connectivity index (χ3v) is 13.1. The van der Waals surface area contributed by atoms with Crippen molar-refractivity contribution in [1.82, 2.24) is 0 Å². The highest BCUT2D eigenvalue weighted by Crippen LogP contribution is 2.66. The number of rotatable bonds is 7. The van der Waals surface area contributed by atoms with Gasteiger partial charge in [0, 0.05) is 5.39 Å². The Labute approximate surface area is 280 Å². The maximum absolute atomic E-state index is 14.7. The van der Waals surface area contributed by atoms with E-state index in [-0.39, 0.29) is 23.2 Å². The summed E-state index contributed by atoms with van der Waals surface area (Å²) in [6.07, 6.45) is 2.56. The normalized spacial score (nSPS) is 38.3. The van der Waals surface area contributed by atoms with E-state index in [2.05, 4.69) is 40.7 Å². The zero-order valence-electron chi connectivity index (χ0n) is 29.4. The smallest absolute Gasteiger partial charge is 0.313 e. The van der Waals surface area contributed by atoms with Crippen LogP contribution in [0.5, 0.6) is 11.5 Å². The molecule has 260 valence electrons. The Hall–Kier alpha value is -2.39. The topological polar surface area (TPSA) is 115 Å². The second-order valence-corrected chi connectivity index (χ2v) is 16.2. The van der Waals surface area contributed by atoms with Gasteiger partial charge >= 0.3 is 5.97 Å². The number of aliphatic hydroxyl groups excluding tert-OH is 3. The zero-order chi connectivity index (χ0) is 33.9. The number of ether oxygens (including phenoxy) is 4. The van der Waals surface area contributed by atoms with E-state index < -0.39 is 42.7 Å². The van der Waals surface area contributed by atoms with Gasteiger partial charge in [-0.1, -0.05) is 52.7 Å². The van der Waals surface area contributed by atoms with Crippen LogP contribution in [-0.2, 0) is 14.3 Å². The molecule has 2 aromatic carbocycles. The Balaban J connectivity index is 1.26. The lowest BCUT2D eigenvalue weighted by atomic mass is 9.42. The first-order chi connectivity index (χ1) is 22.3. The quantitative estimate of drug-likeness (QED) is 0.286. The van der Waals surface area contributed by atoms with Gasteiger partial charge in [-0.05, 0) is 116 Å². The summed E-state index contributed by atoms with van der Waals surface area (Å²) in [4.78, 5) is 14.7. The van der Waals surface area contributed by atoms with E-state index in [9.17, 15) is 20.1 Å². The molecule has 0 bridgehead atoms. The van der Waals surface area contributed by atoms with E-state index in [1.54, 1.807) is 13.2 Å². The van der Waals surface area contributed by atoms with Crippen LogP contribution in [0.4, 0.5) is 0 Å². The Morgan fingerprint density at radius 2 is 1.74 bits per heavy atom. The second-order valence-electron chi connectivity index (χ2n) is 16.2. The molecule has 1 saturated heterocycles. The van der Waals surface area contributed by atoms with E-state index in [4.69, 9.17) is 18.9 Å². The number of fused-ring (bicyclic) bond motifs is 4. The first-order valence-corrected chi connectivity index (χ1v) is 17.9. The van der Waals surface area contributed by atoms with Crippen LogP contribution in [0.1, 0.15) is 96.6 Å². The van der Waals surface area contributed by atoms with Crippen LogP contribution < -0.4 is 9.47 Å². The van der Waals surface area contributed by atoms with Crippen molar-refractivity contribution in [2.24, 2.45) is 34.0 Å². The first kappa shape index (κ1) is 34.5. The van der Waals surface area contributed by atoms with Crippen LogP contribution in [-0.4, -0.2) is 65.7 Å². The van der Waals surface area contributed by atoms with Crippen molar-refractivity contribution in [3.05, 3.63) is 35.4 Å². The minimum absolute atomic E-state index is 0.0135. The molecule has 3 saturated carbocycles. The fourth-order valence-corrected chi connectivity index (χ4v) is 10.2. The molecule has 8 nitrogen and oxygen atoms in total. The molecule has 3 aliphatic carbocycles. The van der Waals surface area contributed by atoms with E-state index >= 15 is 0 Å². The van der Waals surface area contributed by atoms with Crippen LogP contribution in [0.3, 0.4) is 0 Å². The summed E-state index contributed by atoms with van der Waals surface area (Å²) >= 11 is 0. The summed E-state index contributed by atoms with van der Waals surface area (Å²) in [5.74, 6) is 1.36. The molecule has 1 heterocycles. The summed E-state index contributed by atoms with van der Waals surface area (Å²) in [5.41, 5.74) is 1.88. The number of aryl methyl sites for hydroxylation is 2. The number of esters is 1. The SMILES string of the molecule is CCC1(C)CCC2C(CCC3C(C)(C)CCCC23C(=O)OC2C(CO)OC(Oc3ccc4cc(C)c(C)cc4c3OC)C(O)C2O)C1. The lowest BCUT2D eigenvalue weighted by molar-refractivity contribution is -0.286. The van der Waals surface area contributed by atoms with Gasteiger partial charge in [-0.15, -0.1) is 0 Å². The first-order valence-electron chi connectivity index (χ1n) is 17.9. The van der Waals surface area contributed by atoms with Crippen molar-refractivity contribution in [2.75, 3.05) is 13.7 Å². The lowest BCUT2D eigenvalue weighted by Crippen LogP contribution is -2.64. The highest BCUT2D eigenvalue weighted by Gasteiger charge is 2.64. The average molecular weight is 653 g/mol. The van der Waals surface area contributed by atoms with Gasteiger partial charge in [-0.2, -0.15) is 0 Å². The fraction of sp³-hybridized carbons (Fsp3) is 0.718. The highest BCUT2D eigenvalue weighted by atomic mass is 16.7. The number of hydrogen-bond acceptors (Lipinski definition) is 8. The van der Waals surface area contributed by atoms with Crippen molar-refractivity contribution >= 4 is 16.7 Å². The molecule has 3 N–H and O–H groups in total. The van der Waals surface area contributed by atoms with Gasteiger partial charge in [-0.3, -0.25) is 4.79 Å². The van der Waals surface area contributed by atoms with Crippen molar-refractivity contribution < 1.29 is 39.1 Å². The Bertz CT molecular complexity index is 1470. The molecule has 1 aliphatic heterocycles. The number of aliphatic hydroxyl groups is 3. The van der Waals surface area contributed by atoms with Gasteiger partial charge in [-0.25, -0.2) is 0 Å². The van der Waals surface area contributed by atoms with Crippen LogP contribution in [0, 0.1) is 47.8 Å². The molecule has 0 aromatic heterocycles. The second kappa shape index (κ2) is 12.8. The molecule has 0 spiro atoms. The number of carbonyl (C=O) groups excluding carboxylic acids is 1. The maximum Gasteiger partial charge on any atom is 0.313 e. The minimum atomic E-state index is -1.54. The van der Waals surface area contributed by atoms with Crippen LogP contribution >= 0.6 is 0 Å². The zero-order valence-corrected chi connectivity index (χ0v) is 29.4. The number of hydrogen-bond donors (Lipinski definition) is 3. The number of methoxy groups -OCH3 is 1. The van der Waals surface area contributed by atoms with Gasteiger partial charge in [0.25, 0.3) is 0 Å². The van der Waals surface area contributed by atoms with Gasteiger partial charge in [0.05, 0.1) is 19.1 Å². The van der Waals surface area contributed by atoms with E-state index in [0.717, 1.165) is 79.7 Å². The third kappa shape index (κ3) is 5.85. The van der Waals surface area contributed by atoms with Crippen LogP contribution in [0.15, 0.2) is 24.3 Å². The summed E-state index contributed by atoms with van der Waals surface area (Å²) in [6, 6.07) is 7.76. The Morgan fingerprint density at radius 3 is 2.45 bits per heavy atom. The van der Waals surface area contributed by atoms with Gasteiger partial charge < -0.3 is 34.3 Å². The predicted octanol–water partition coefficient (Wildman–Crippen LogP) is 6.63. The lowest BCUT2D eigenvalue weighted by Gasteiger charge is -2.61. The molecule has 6 rings (SSSR count). The van der Waals surface area contributed by atoms with Gasteiger partial charge in [0.2, 0.25) is 6.29 Å². The van der Waals surface area contributed by atoms with Gasteiger partial charge in [0.1, 0.15) is 18.3 Å². The molecule has 0 radical (unpaired) electrons. The summed E-state index contributed by atoms with van der Waals surface area (Å²) in [6.45, 7) is 12.8. The Morgan fingerprint density at radius 1 is 1.00 bits per heavy atom. The molecule has 2 aromatic rings. The molecule has 4 aliphatic rings. The molecule has 10 unspecified atom stereocenters. The standard InChI is InChI=1S/C39H56O8/c1-8-38(6)17-14-27-25(20-38)11-13-30-37(4,5)15-9-16-39(27,30)36(43)47-34-29(21-40)46-35(32(42)31(34)41)45-28-12-10-24-18-22(2)23(3)19-26(24)33(28)44-7/h10,12,18-19,25,27,29-32,34-35,40-42H,8-9,11,13-17,20-21H2,1-7H3. The highest BCUT2D eigenvalue weighted by molar-refractivity contribution is 5.92. The summed E-state index contributed by atoms with van der Waals surface area (Å²) in [5, 5.41) is 35.1. The summed E-state index contributed by atoms with van der Waals surface area (Å²) in [7, 11) is 1.56. The van der Waals surface area contributed by atoms with Crippen molar-refractivity contribution in [3.63, 3.8) is 0 Å². The fourth-order valence-electron chi connectivity index (χ4n) is 10.2. The molecular formula is C39H56O8. The number of benzene rings is 2. The Kier molecular flexibility index (Phi) is 9.40. The van der Waals surface area contributed by atoms with E-state index in [1.165, 1.54) is 0 Å². The molecular weight excluding hydrogens is 596 g/mol. The summed E-state index contributed by atoms with van der Waals surface area (Å²) < 4.78 is 24.3. The molecule has 4 fully saturated rings. The third-order valence-electron chi connectivity index (χ3n) is 13.1. The maximum atomic E-state index is 14.7. The number of carbonyl (C=O) groups is 1. The van der Waals surface area contributed by atoms with Crippen LogP contribution in [0.2, 0.25) is 0 Å². The van der Waals surface area contributed by atoms with Gasteiger partial charge in [0.15, 0.2) is 17.6 Å². The van der Waals surface area contributed by atoms with Crippen molar-refractivity contribution in [2.45, 2.75) is 130 Å². The molecule has 47 heavy (non-hydrogen) atoms. The molecule has 8 heteroatoms. The van der Waals surface area contributed by atoms with E-state index in [1.807, 2.05) is 19.1 Å². The van der Waals surface area contributed by atoms with Crippen molar-refractivity contribution in [1.29, 1.82) is 0 Å².